The Morgan fingerprint density at radius 2 is 2.17 bits per heavy atom. The highest BCUT2D eigenvalue weighted by Crippen LogP contribution is 2.15. The summed E-state index contributed by atoms with van der Waals surface area (Å²) < 4.78 is 9.93. The second-order valence-corrected chi connectivity index (χ2v) is 3.61. The Balaban J connectivity index is 2.39. The molecule has 0 aliphatic rings. The first kappa shape index (κ1) is 12.3. The Bertz CT molecular complexity index is 578. The molecule has 94 valence electrons. The molecular formula is C12H13N3O3. The minimum absolute atomic E-state index is 0.220. The molecule has 0 aromatic carbocycles. The van der Waals surface area contributed by atoms with E-state index >= 15 is 0 Å². The molecule has 0 aliphatic heterocycles. The smallest absolute Gasteiger partial charge is 0.251 e. The number of hydrogen-bond donors (Lipinski definition) is 1. The molecule has 6 heteroatoms. The summed E-state index contributed by atoms with van der Waals surface area (Å²) in [5.74, 6) is 0.971. The standard InChI is InChI=1S/C12H13N3O3/c1-17-7-9-5-10(16)15-12(14-9)8-3-4-11(18-2)13-6-8/h3-6H,7H2,1-2H3,(H,14,15,16). The molecule has 0 fully saturated rings. The molecule has 0 aliphatic carbocycles. The minimum atomic E-state index is -0.220. The van der Waals surface area contributed by atoms with Crippen molar-refractivity contribution in [3.63, 3.8) is 0 Å². The molecule has 0 atom stereocenters. The second-order valence-electron chi connectivity index (χ2n) is 3.61. The summed E-state index contributed by atoms with van der Waals surface area (Å²) in [5, 5.41) is 0. The quantitative estimate of drug-likeness (QED) is 0.871. The van der Waals surface area contributed by atoms with E-state index in [1.807, 2.05) is 0 Å². The molecule has 0 saturated carbocycles. The van der Waals surface area contributed by atoms with E-state index in [9.17, 15) is 4.79 Å². The van der Waals surface area contributed by atoms with Crippen LogP contribution in [0.5, 0.6) is 5.88 Å². The fourth-order valence-corrected chi connectivity index (χ4v) is 1.51. The monoisotopic (exact) mass is 247 g/mol. The van der Waals surface area contributed by atoms with Crippen LogP contribution < -0.4 is 10.3 Å². The van der Waals surface area contributed by atoms with Crippen LogP contribution in [0.15, 0.2) is 29.2 Å². The van der Waals surface area contributed by atoms with Gasteiger partial charge in [-0.3, -0.25) is 4.79 Å². The molecule has 6 nitrogen and oxygen atoms in total. The van der Waals surface area contributed by atoms with E-state index in [4.69, 9.17) is 9.47 Å². The van der Waals surface area contributed by atoms with Crippen molar-refractivity contribution in [2.75, 3.05) is 14.2 Å². The molecule has 2 heterocycles. The van der Waals surface area contributed by atoms with Crippen molar-refractivity contribution in [1.82, 2.24) is 15.0 Å². The summed E-state index contributed by atoms with van der Waals surface area (Å²) in [5.41, 5.74) is 1.07. The van der Waals surface area contributed by atoms with Crippen molar-refractivity contribution < 1.29 is 9.47 Å². The Morgan fingerprint density at radius 3 is 2.78 bits per heavy atom. The van der Waals surface area contributed by atoms with Gasteiger partial charge < -0.3 is 14.5 Å². The van der Waals surface area contributed by atoms with Crippen LogP contribution >= 0.6 is 0 Å². The predicted octanol–water partition coefficient (Wildman–Crippen LogP) is 0.987. The van der Waals surface area contributed by atoms with E-state index in [1.54, 1.807) is 32.5 Å². The average Bonchev–Trinajstić information content (AvgIpc) is 2.38. The lowest BCUT2D eigenvalue weighted by Gasteiger charge is -2.04. The summed E-state index contributed by atoms with van der Waals surface area (Å²) in [6.45, 7) is 0.292. The molecule has 2 aromatic rings. The lowest BCUT2D eigenvalue weighted by Crippen LogP contribution is -2.11. The highest BCUT2D eigenvalue weighted by molar-refractivity contribution is 5.53. The third-order valence-corrected chi connectivity index (χ3v) is 2.31. The van der Waals surface area contributed by atoms with Crippen molar-refractivity contribution in [3.05, 3.63) is 40.4 Å². The van der Waals surface area contributed by atoms with E-state index in [0.717, 1.165) is 0 Å². The van der Waals surface area contributed by atoms with E-state index in [-0.39, 0.29) is 5.56 Å². The number of H-pyrrole nitrogens is 1. The largest absolute Gasteiger partial charge is 0.481 e. The molecule has 0 amide bonds. The van der Waals surface area contributed by atoms with Gasteiger partial charge in [-0.15, -0.1) is 0 Å². The summed E-state index contributed by atoms with van der Waals surface area (Å²) in [7, 11) is 3.10. The highest BCUT2D eigenvalue weighted by Gasteiger charge is 2.05. The first-order valence-electron chi connectivity index (χ1n) is 5.32. The van der Waals surface area contributed by atoms with E-state index in [2.05, 4.69) is 15.0 Å². The number of aromatic amines is 1. The Hall–Kier alpha value is -2.21. The maximum absolute atomic E-state index is 11.5. The molecule has 18 heavy (non-hydrogen) atoms. The third kappa shape index (κ3) is 2.72. The van der Waals surface area contributed by atoms with Crippen molar-refractivity contribution in [2.24, 2.45) is 0 Å². The summed E-state index contributed by atoms with van der Waals surface area (Å²) in [6.07, 6.45) is 1.59. The van der Waals surface area contributed by atoms with Gasteiger partial charge in [0.1, 0.15) is 5.82 Å². The van der Waals surface area contributed by atoms with E-state index in [1.165, 1.54) is 6.07 Å². The van der Waals surface area contributed by atoms with Gasteiger partial charge in [0, 0.05) is 31.0 Å². The lowest BCUT2D eigenvalue weighted by atomic mass is 10.2. The van der Waals surface area contributed by atoms with Crippen LogP contribution in [-0.2, 0) is 11.3 Å². The number of nitrogens with one attached hydrogen (secondary N) is 1. The topological polar surface area (TPSA) is 77.1 Å². The van der Waals surface area contributed by atoms with Gasteiger partial charge in [-0.25, -0.2) is 9.97 Å². The normalized spacial score (nSPS) is 10.3. The van der Waals surface area contributed by atoms with Crippen molar-refractivity contribution in [2.45, 2.75) is 6.61 Å². The first-order valence-corrected chi connectivity index (χ1v) is 5.32. The predicted molar refractivity (Wildman–Crippen MR) is 65.4 cm³/mol. The van der Waals surface area contributed by atoms with Gasteiger partial charge in [-0.1, -0.05) is 0 Å². The second kappa shape index (κ2) is 5.42. The van der Waals surface area contributed by atoms with Crippen LogP contribution in [0, 0.1) is 0 Å². The maximum atomic E-state index is 11.5. The molecule has 1 N–H and O–H groups in total. The Kier molecular flexibility index (Phi) is 3.69. The summed E-state index contributed by atoms with van der Waals surface area (Å²) >= 11 is 0. The van der Waals surface area contributed by atoms with Crippen molar-refractivity contribution in [3.8, 4) is 17.3 Å². The fourth-order valence-electron chi connectivity index (χ4n) is 1.51. The zero-order valence-electron chi connectivity index (χ0n) is 10.1. The summed E-state index contributed by atoms with van der Waals surface area (Å²) in [6, 6.07) is 4.89. The van der Waals surface area contributed by atoms with Gasteiger partial charge in [0.05, 0.1) is 19.4 Å². The maximum Gasteiger partial charge on any atom is 0.251 e. The molecular weight excluding hydrogens is 234 g/mol. The van der Waals surface area contributed by atoms with Gasteiger partial charge in [0.15, 0.2) is 0 Å². The fraction of sp³-hybridized carbons (Fsp3) is 0.250. The molecule has 0 saturated heterocycles. The van der Waals surface area contributed by atoms with Gasteiger partial charge in [-0.05, 0) is 6.07 Å². The van der Waals surface area contributed by atoms with Crippen LogP contribution in [0.2, 0.25) is 0 Å². The number of nitrogens with zero attached hydrogens (tertiary/aromatic N) is 2. The van der Waals surface area contributed by atoms with Crippen LogP contribution in [0.3, 0.4) is 0 Å². The SMILES string of the molecule is COCc1cc(=O)[nH]c(-c2ccc(OC)nc2)n1. The Morgan fingerprint density at radius 1 is 1.33 bits per heavy atom. The van der Waals surface area contributed by atoms with Gasteiger partial charge in [0.25, 0.3) is 5.56 Å². The van der Waals surface area contributed by atoms with Crippen LogP contribution in [0.1, 0.15) is 5.69 Å². The zero-order valence-corrected chi connectivity index (χ0v) is 10.1. The minimum Gasteiger partial charge on any atom is -0.481 e. The number of methoxy groups -OCH3 is 2. The third-order valence-electron chi connectivity index (χ3n) is 2.31. The molecule has 0 radical (unpaired) electrons. The Labute approximate surface area is 104 Å². The van der Waals surface area contributed by atoms with Crippen LogP contribution in [0.4, 0.5) is 0 Å². The average molecular weight is 247 g/mol. The van der Waals surface area contributed by atoms with Crippen molar-refractivity contribution in [1.29, 1.82) is 0 Å². The molecule has 0 bridgehead atoms. The van der Waals surface area contributed by atoms with Crippen LogP contribution in [0.25, 0.3) is 11.4 Å². The molecule has 2 rings (SSSR count). The van der Waals surface area contributed by atoms with E-state index < -0.39 is 0 Å². The highest BCUT2D eigenvalue weighted by atomic mass is 16.5. The van der Waals surface area contributed by atoms with Gasteiger partial charge in [-0.2, -0.15) is 0 Å². The number of rotatable bonds is 4. The zero-order chi connectivity index (χ0) is 13.0. The lowest BCUT2D eigenvalue weighted by molar-refractivity contribution is 0.181. The van der Waals surface area contributed by atoms with Crippen LogP contribution in [-0.4, -0.2) is 29.2 Å². The number of hydrogen-bond acceptors (Lipinski definition) is 5. The molecule has 2 aromatic heterocycles. The number of pyridine rings is 1. The number of ether oxygens (including phenoxy) is 2. The number of aromatic nitrogens is 3. The molecule has 0 spiro atoms. The van der Waals surface area contributed by atoms with Gasteiger partial charge >= 0.3 is 0 Å². The van der Waals surface area contributed by atoms with E-state index in [0.29, 0.717) is 29.6 Å². The van der Waals surface area contributed by atoms with Crippen molar-refractivity contribution >= 4 is 0 Å². The summed E-state index contributed by atoms with van der Waals surface area (Å²) in [4.78, 5) is 22.5. The van der Waals surface area contributed by atoms with Gasteiger partial charge in [0.2, 0.25) is 5.88 Å². The first-order chi connectivity index (χ1) is 8.72. The molecule has 0 unspecified atom stereocenters.